The molecule has 0 spiro atoms. The van der Waals surface area contributed by atoms with Crippen molar-refractivity contribution < 1.29 is 9.47 Å². The molecule has 1 heterocycles. The molecule has 0 aromatic heterocycles. The van der Waals surface area contributed by atoms with E-state index in [0.29, 0.717) is 0 Å². The zero-order chi connectivity index (χ0) is 16.5. The second kappa shape index (κ2) is 6.25. The summed E-state index contributed by atoms with van der Waals surface area (Å²) in [5, 5.41) is 0. The first kappa shape index (κ1) is 15.2. The summed E-state index contributed by atoms with van der Waals surface area (Å²) in [4.78, 5) is 2.60. The molecule has 0 amide bonds. The number of benzene rings is 2. The predicted octanol–water partition coefficient (Wildman–Crippen LogP) is 5.40. The average molecular weight is 334 g/mol. The van der Waals surface area contributed by atoms with Crippen molar-refractivity contribution in [2.45, 2.75) is 10.8 Å². The third-order valence-electron chi connectivity index (χ3n) is 4.41. The molecule has 2 aromatic rings. The Labute approximate surface area is 146 Å². The summed E-state index contributed by atoms with van der Waals surface area (Å²) < 4.78 is 10.7. The highest BCUT2D eigenvalue weighted by Gasteiger charge is 2.28. The summed E-state index contributed by atoms with van der Waals surface area (Å²) in [7, 11) is 3.41. The van der Waals surface area contributed by atoms with E-state index in [1.807, 2.05) is 30.0 Å². The molecule has 3 heteroatoms. The molecule has 2 aromatic carbocycles. The molecule has 0 radical (unpaired) electrons. The van der Waals surface area contributed by atoms with Crippen molar-refractivity contribution in [2.75, 3.05) is 14.2 Å². The van der Waals surface area contributed by atoms with Gasteiger partial charge in [-0.2, -0.15) is 0 Å². The third kappa shape index (κ3) is 2.55. The molecule has 1 atom stereocenters. The molecule has 0 saturated heterocycles. The van der Waals surface area contributed by atoms with Crippen molar-refractivity contribution in [3.05, 3.63) is 89.2 Å². The van der Waals surface area contributed by atoms with Crippen LogP contribution < -0.4 is 4.74 Å². The number of fused-ring (bicyclic) bond motifs is 3. The standard InChI is InChI=1S/C21H18O2S/c1-22-15-9-7-14(8-10-15)21-18-12-11-16(23-2)13-19(18)17-5-3-4-6-20(17)24-21/h3-13,19H,1-2H3. The van der Waals surface area contributed by atoms with Crippen molar-refractivity contribution in [1.29, 1.82) is 0 Å². The average Bonchev–Trinajstić information content (AvgIpc) is 2.67. The van der Waals surface area contributed by atoms with E-state index in [-0.39, 0.29) is 5.92 Å². The van der Waals surface area contributed by atoms with Crippen LogP contribution in [0.4, 0.5) is 0 Å². The normalized spacial score (nSPS) is 18.6. The van der Waals surface area contributed by atoms with Crippen molar-refractivity contribution in [3.63, 3.8) is 0 Å². The molecule has 1 aliphatic heterocycles. The lowest BCUT2D eigenvalue weighted by Crippen LogP contribution is -2.10. The minimum absolute atomic E-state index is 0.236. The Hall–Kier alpha value is -2.39. The van der Waals surface area contributed by atoms with Gasteiger partial charge in [-0.25, -0.2) is 0 Å². The number of methoxy groups -OCH3 is 2. The first-order chi connectivity index (χ1) is 11.8. The second-order valence-electron chi connectivity index (χ2n) is 5.74. The minimum Gasteiger partial charge on any atom is -0.497 e. The van der Waals surface area contributed by atoms with Crippen LogP contribution in [0.5, 0.6) is 5.75 Å². The Morgan fingerprint density at radius 2 is 1.67 bits per heavy atom. The molecule has 1 aliphatic carbocycles. The van der Waals surface area contributed by atoms with Gasteiger partial charge >= 0.3 is 0 Å². The van der Waals surface area contributed by atoms with Gasteiger partial charge in [0, 0.05) is 15.7 Å². The molecular weight excluding hydrogens is 316 g/mol. The molecule has 0 fully saturated rings. The zero-order valence-electron chi connectivity index (χ0n) is 13.7. The monoisotopic (exact) mass is 334 g/mol. The van der Waals surface area contributed by atoms with Gasteiger partial charge in [0.05, 0.1) is 14.2 Å². The summed E-state index contributed by atoms with van der Waals surface area (Å²) in [6.07, 6.45) is 6.44. The lowest BCUT2D eigenvalue weighted by Gasteiger charge is -2.29. The first-order valence-corrected chi connectivity index (χ1v) is 8.71. The fourth-order valence-corrected chi connectivity index (χ4v) is 4.41. The summed E-state index contributed by atoms with van der Waals surface area (Å²) >= 11 is 1.84. The summed E-state index contributed by atoms with van der Waals surface area (Å²) in [5.41, 5.74) is 3.88. The maximum atomic E-state index is 5.45. The van der Waals surface area contributed by atoms with E-state index < -0.39 is 0 Å². The van der Waals surface area contributed by atoms with E-state index >= 15 is 0 Å². The molecule has 0 bridgehead atoms. The number of rotatable bonds is 3. The molecule has 2 aliphatic rings. The molecule has 2 nitrogen and oxygen atoms in total. The topological polar surface area (TPSA) is 18.5 Å². The molecule has 0 saturated carbocycles. The summed E-state index contributed by atoms with van der Waals surface area (Å²) in [5.74, 6) is 2.03. The van der Waals surface area contributed by atoms with E-state index in [9.17, 15) is 0 Å². The predicted molar refractivity (Wildman–Crippen MR) is 99.2 cm³/mol. The van der Waals surface area contributed by atoms with Crippen molar-refractivity contribution in [1.82, 2.24) is 0 Å². The maximum absolute atomic E-state index is 5.45. The van der Waals surface area contributed by atoms with Gasteiger partial charge in [-0.1, -0.05) is 48.2 Å². The number of hydrogen-bond donors (Lipinski definition) is 0. The highest BCUT2D eigenvalue weighted by molar-refractivity contribution is 8.08. The lowest BCUT2D eigenvalue weighted by atomic mass is 9.85. The van der Waals surface area contributed by atoms with E-state index in [2.05, 4.69) is 48.6 Å². The van der Waals surface area contributed by atoms with Crippen LogP contribution in [-0.4, -0.2) is 14.2 Å². The van der Waals surface area contributed by atoms with Gasteiger partial charge in [0.25, 0.3) is 0 Å². The highest BCUT2D eigenvalue weighted by atomic mass is 32.2. The molecule has 120 valence electrons. The molecular formula is C21H18O2S. The SMILES string of the molecule is COC1=CC2C(=C(c3ccc(OC)cc3)Sc3ccccc32)C=C1. The highest BCUT2D eigenvalue weighted by Crippen LogP contribution is 2.51. The molecule has 4 rings (SSSR count). The largest absolute Gasteiger partial charge is 0.497 e. The smallest absolute Gasteiger partial charge is 0.118 e. The van der Waals surface area contributed by atoms with Crippen LogP contribution in [0.15, 0.2) is 83.0 Å². The fraction of sp³-hybridized carbons (Fsp3) is 0.143. The van der Waals surface area contributed by atoms with Crippen molar-refractivity contribution >= 4 is 16.7 Å². The van der Waals surface area contributed by atoms with Crippen LogP contribution in [0.1, 0.15) is 17.0 Å². The minimum atomic E-state index is 0.236. The summed E-state index contributed by atoms with van der Waals surface area (Å²) in [6, 6.07) is 16.9. The van der Waals surface area contributed by atoms with Gasteiger partial charge in [0.1, 0.15) is 11.5 Å². The Balaban J connectivity index is 1.85. The van der Waals surface area contributed by atoms with Crippen LogP contribution in [-0.2, 0) is 4.74 Å². The van der Waals surface area contributed by atoms with Crippen LogP contribution in [0.3, 0.4) is 0 Å². The molecule has 1 unspecified atom stereocenters. The third-order valence-corrected chi connectivity index (χ3v) is 5.68. The lowest BCUT2D eigenvalue weighted by molar-refractivity contribution is 0.303. The van der Waals surface area contributed by atoms with E-state index in [1.54, 1.807) is 14.2 Å². The van der Waals surface area contributed by atoms with Gasteiger partial charge in [-0.05, 0) is 47.1 Å². The maximum Gasteiger partial charge on any atom is 0.118 e. The Kier molecular flexibility index (Phi) is 3.95. The van der Waals surface area contributed by atoms with Gasteiger partial charge in [0.15, 0.2) is 0 Å². The molecule has 24 heavy (non-hydrogen) atoms. The van der Waals surface area contributed by atoms with Gasteiger partial charge < -0.3 is 9.47 Å². The van der Waals surface area contributed by atoms with Gasteiger partial charge in [-0.15, -0.1) is 0 Å². The van der Waals surface area contributed by atoms with Crippen LogP contribution >= 0.6 is 11.8 Å². The van der Waals surface area contributed by atoms with Crippen LogP contribution in [0.2, 0.25) is 0 Å². The number of ether oxygens (including phenoxy) is 2. The Morgan fingerprint density at radius 1 is 0.875 bits per heavy atom. The number of hydrogen-bond acceptors (Lipinski definition) is 3. The van der Waals surface area contributed by atoms with E-state index in [0.717, 1.165) is 11.5 Å². The first-order valence-electron chi connectivity index (χ1n) is 7.89. The quantitative estimate of drug-likeness (QED) is 0.749. The second-order valence-corrected chi connectivity index (χ2v) is 6.79. The number of thioether (sulfide) groups is 1. The zero-order valence-corrected chi connectivity index (χ0v) is 14.5. The number of allylic oxidation sites excluding steroid dienone is 4. The summed E-state index contributed by atoms with van der Waals surface area (Å²) in [6.45, 7) is 0. The van der Waals surface area contributed by atoms with Crippen LogP contribution in [0, 0.1) is 0 Å². The van der Waals surface area contributed by atoms with Crippen LogP contribution in [0.25, 0.3) is 4.91 Å². The van der Waals surface area contributed by atoms with Gasteiger partial charge in [-0.3, -0.25) is 0 Å². The Morgan fingerprint density at radius 3 is 2.42 bits per heavy atom. The molecule has 0 N–H and O–H groups in total. The fourth-order valence-electron chi connectivity index (χ4n) is 3.16. The van der Waals surface area contributed by atoms with Crippen molar-refractivity contribution in [3.8, 4) is 5.75 Å². The van der Waals surface area contributed by atoms with E-state index in [4.69, 9.17) is 9.47 Å². The van der Waals surface area contributed by atoms with Crippen molar-refractivity contribution in [2.24, 2.45) is 0 Å². The van der Waals surface area contributed by atoms with Gasteiger partial charge in [0.2, 0.25) is 0 Å². The Bertz CT molecular complexity index is 860. The van der Waals surface area contributed by atoms with E-state index in [1.165, 1.54) is 26.5 Å².